The van der Waals surface area contributed by atoms with Gasteiger partial charge in [-0.3, -0.25) is 9.59 Å². The summed E-state index contributed by atoms with van der Waals surface area (Å²) < 4.78 is 10.4. The number of rotatable bonds is 5. The second-order valence-corrected chi connectivity index (χ2v) is 5.48. The molecule has 1 fully saturated rings. The molecular weight excluding hydrogens is 282 g/mol. The Morgan fingerprint density at radius 1 is 1.32 bits per heavy atom. The second kappa shape index (κ2) is 7.94. The predicted molar refractivity (Wildman–Crippen MR) is 83.7 cm³/mol. The first-order valence-electron chi connectivity index (χ1n) is 7.73. The molecule has 2 rings (SSSR count). The number of amides is 1. The van der Waals surface area contributed by atoms with Crippen LogP contribution in [0.5, 0.6) is 0 Å². The molecule has 0 radical (unpaired) electrons. The van der Waals surface area contributed by atoms with E-state index in [0.29, 0.717) is 25.5 Å². The van der Waals surface area contributed by atoms with Gasteiger partial charge in [0, 0.05) is 12.3 Å². The van der Waals surface area contributed by atoms with Gasteiger partial charge < -0.3 is 14.4 Å². The van der Waals surface area contributed by atoms with Crippen molar-refractivity contribution in [1.82, 2.24) is 0 Å². The third-order valence-electron chi connectivity index (χ3n) is 3.71. The van der Waals surface area contributed by atoms with E-state index < -0.39 is 5.97 Å². The summed E-state index contributed by atoms with van der Waals surface area (Å²) in [6, 6.07) is 7.57. The van der Waals surface area contributed by atoms with E-state index in [2.05, 4.69) is 0 Å². The Bertz CT molecular complexity index is 506. The number of nitrogens with zero attached hydrogens (tertiary/aromatic N) is 1. The number of benzene rings is 1. The quantitative estimate of drug-likeness (QED) is 0.783. The van der Waals surface area contributed by atoms with Crippen LogP contribution in [0, 0.1) is 12.8 Å². The van der Waals surface area contributed by atoms with Crippen LogP contribution in [0.4, 0.5) is 5.69 Å². The SMILES string of the molecule is CCOC(=O)CN(C(=O)[C@H]1CCCOC1)c1ccc(C)cc1. The molecule has 1 atom stereocenters. The van der Waals surface area contributed by atoms with Crippen molar-refractivity contribution in [2.75, 3.05) is 31.3 Å². The number of aryl methyl sites for hydroxylation is 1. The molecule has 1 amide bonds. The van der Waals surface area contributed by atoms with E-state index >= 15 is 0 Å². The van der Waals surface area contributed by atoms with E-state index in [1.165, 1.54) is 4.90 Å². The van der Waals surface area contributed by atoms with E-state index in [9.17, 15) is 9.59 Å². The van der Waals surface area contributed by atoms with Crippen LogP contribution in [0.15, 0.2) is 24.3 Å². The molecule has 0 N–H and O–H groups in total. The molecule has 1 saturated heterocycles. The van der Waals surface area contributed by atoms with E-state index in [1.54, 1.807) is 6.92 Å². The normalized spacial score (nSPS) is 17.8. The predicted octanol–water partition coefficient (Wildman–Crippen LogP) is 2.32. The van der Waals surface area contributed by atoms with Crippen LogP contribution >= 0.6 is 0 Å². The highest BCUT2D eigenvalue weighted by Gasteiger charge is 2.29. The number of ether oxygens (including phenoxy) is 2. The smallest absolute Gasteiger partial charge is 0.326 e. The fraction of sp³-hybridized carbons (Fsp3) is 0.529. The first-order valence-corrected chi connectivity index (χ1v) is 7.73. The summed E-state index contributed by atoms with van der Waals surface area (Å²) >= 11 is 0. The maximum absolute atomic E-state index is 12.8. The molecule has 0 spiro atoms. The first-order chi connectivity index (χ1) is 10.6. The number of carbonyl (C=O) groups excluding carboxylic acids is 2. The third-order valence-corrected chi connectivity index (χ3v) is 3.71. The van der Waals surface area contributed by atoms with Gasteiger partial charge in [0.15, 0.2) is 0 Å². The van der Waals surface area contributed by atoms with Gasteiger partial charge in [-0.25, -0.2) is 0 Å². The highest BCUT2D eigenvalue weighted by atomic mass is 16.5. The van der Waals surface area contributed by atoms with Crippen LogP contribution in [-0.4, -0.2) is 38.2 Å². The highest BCUT2D eigenvalue weighted by Crippen LogP contribution is 2.22. The Labute approximate surface area is 131 Å². The Hall–Kier alpha value is -1.88. The van der Waals surface area contributed by atoms with Gasteiger partial charge in [0.2, 0.25) is 5.91 Å². The zero-order valence-electron chi connectivity index (χ0n) is 13.2. The third kappa shape index (κ3) is 4.31. The summed E-state index contributed by atoms with van der Waals surface area (Å²) in [5.74, 6) is -0.658. The molecule has 0 bridgehead atoms. The Morgan fingerprint density at radius 2 is 2.05 bits per heavy atom. The average molecular weight is 305 g/mol. The van der Waals surface area contributed by atoms with E-state index in [1.807, 2.05) is 31.2 Å². The standard InChI is InChI=1S/C17H23NO4/c1-3-22-16(19)11-18(15-8-6-13(2)7-9-15)17(20)14-5-4-10-21-12-14/h6-9,14H,3-5,10-12H2,1-2H3/t14-/m0/s1. The Kier molecular flexibility index (Phi) is 5.95. The lowest BCUT2D eigenvalue weighted by molar-refractivity contribution is -0.143. The van der Waals surface area contributed by atoms with Crippen molar-refractivity contribution >= 4 is 17.6 Å². The zero-order valence-corrected chi connectivity index (χ0v) is 13.2. The molecule has 1 aliphatic heterocycles. The van der Waals surface area contributed by atoms with Crippen molar-refractivity contribution in [2.45, 2.75) is 26.7 Å². The number of esters is 1. The Balaban J connectivity index is 2.17. The van der Waals surface area contributed by atoms with Crippen LogP contribution in [0.2, 0.25) is 0 Å². The van der Waals surface area contributed by atoms with Gasteiger partial charge in [0.25, 0.3) is 0 Å². The molecule has 1 aromatic carbocycles. The maximum Gasteiger partial charge on any atom is 0.326 e. The van der Waals surface area contributed by atoms with Crippen molar-refractivity contribution in [3.63, 3.8) is 0 Å². The largest absolute Gasteiger partial charge is 0.465 e. The molecule has 22 heavy (non-hydrogen) atoms. The van der Waals surface area contributed by atoms with Gasteiger partial charge in [-0.05, 0) is 38.8 Å². The summed E-state index contributed by atoms with van der Waals surface area (Å²) in [6.45, 7) is 5.10. The van der Waals surface area contributed by atoms with E-state index in [4.69, 9.17) is 9.47 Å². The van der Waals surface area contributed by atoms with Gasteiger partial charge in [-0.1, -0.05) is 17.7 Å². The maximum atomic E-state index is 12.8. The number of carbonyl (C=O) groups is 2. The van der Waals surface area contributed by atoms with Gasteiger partial charge in [-0.15, -0.1) is 0 Å². The average Bonchev–Trinajstić information content (AvgIpc) is 2.54. The minimum atomic E-state index is -0.395. The molecule has 5 heteroatoms. The fourth-order valence-electron chi connectivity index (χ4n) is 2.51. The molecular formula is C17H23NO4. The van der Waals surface area contributed by atoms with Crippen molar-refractivity contribution < 1.29 is 19.1 Å². The topological polar surface area (TPSA) is 55.8 Å². The minimum Gasteiger partial charge on any atom is -0.465 e. The van der Waals surface area contributed by atoms with Gasteiger partial charge in [0.05, 0.1) is 19.1 Å². The van der Waals surface area contributed by atoms with Gasteiger partial charge in [0.1, 0.15) is 6.54 Å². The van der Waals surface area contributed by atoms with Gasteiger partial charge in [-0.2, -0.15) is 0 Å². The molecule has 0 saturated carbocycles. The molecule has 1 aliphatic rings. The van der Waals surface area contributed by atoms with E-state index in [-0.39, 0.29) is 18.4 Å². The van der Waals surface area contributed by atoms with Crippen molar-refractivity contribution in [3.05, 3.63) is 29.8 Å². The molecule has 0 aromatic heterocycles. The zero-order chi connectivity index (χ0) is 15.9. The summed E-state index contributed by atoms with van der Waals surface area (Å²) in [5.41, 5.74) is 1.82. The molecule has 120 valence electrons. The molecule has 1 heterocycles. The number of hydrogen-bond acceptors (Lipinski definition) is 4. The summed E-state index contributed by atoms with van der Waals surface area (Å²) in [7, 11) is 0. The lowest BCUT2D eigenvalue weighted by Crippen LogP contribution is -2.42. The minimum absolute atomic E-state index is 0.0633. The molecule has 5 nitrogen and oxygen atoms in total. The van der Waals surface area contributed by atoms with Crippen molar-refractivity contribution in [2.24, 2.45) is 5.92 Å². The van der Waals surface area contributed by atoms with Crippen molar-refractivity contribution in [1.29, 1.82) is 0 Å². The monoisotopic (exact) mass is 305 g/mol. The molecule has 0 unspecified atom stereocenters. The van der Waals surface area contributed by atoms with Crippen LogP contribution in [0.1, 0.15) is 25.3 Å². The summed E-state index contributed by atoms with van der Waals surface area (Å²) in [6.07, 6.45) is 1.67. The molecule has 1 aromatic rings. The van der Waals surface area contributed by atoms with Gasteiger partial charge >= 0.3 is 5.97 Å². The first kappa shape index (κ1) is 16.5. The molecule has 0 aliphatic carbocycles. The highest BCUT2D eigenvalue weighted by molar-refractivity contribution is 5.99. The van der Waals surface area contributed by atoms with E-state index in [0.717, 1.165) is 18.4 Å². The fourth-order valence-corrected chi connectivity index (χ4v) is 2.51. The van der Waals surface area contributed by atoms with Crippen LogP contribution in [-0.2, 0) is 19.1 Å². The lowest BCUT2D eigenvalue weighted by Gasteiger charge is -2.28. The van der Waals surface area contributed by atoms with Crippen molar-refractivity contribution in [3.8, 4) is 0 Å². The Morgan fingerprint density at radius 3 is 2.64 bits per heavy atom. The van der Waals surface area contributed by atoms with Crippen LogP contribution < -0.4 is 4.90 Å². The summed E-state index contributed by atoms with van der Waals surface area (Å²) in [5, 5.41) is 0. The van der Waals surface area contributed by atoms with Crippen LogP contribution in [0.25, 0.3) is 0 Å². The number of anilines is 1. The second-order valence-electron chi connectivity index (χ2n) is 5.48. The number of hydrogen-bond donors (Lipinski definition) is 0. The van der Waals surface area contributed by atoms with Crippen LogP contribution in [0.3, 0.4) is 0 Å². The summed E-state index contributed by atoms with van der Waals surface area (Å²) in [4.78, 5) is 26.1. The lowest BCUT2D eigenvalue weighted by atomic mass is 10.00.